The average molecular weight is 458 g/mol. The molecule has 0 aliphatic carbocycles. The van der Waals surface area contributed by atoms with E-state index >= 15 is 0 Å². The van der Waals surface area contributed by atoms with Gasteiger partial charge in [-0.25, -0.2) is 4.79 Å². The smallest absolute Gasteiger partial charge is 0.351 e. The Kier molecular flexibility index (Phi) is 7.89. The Balaban J connectivity index is 1.56. The van der Waals surface area contributed by atoms with E-state index in [9.17, 15) is 24.4 Å². The van der Waals surface area contributed by atoms with E-state index in [1.807, 2.05) is 35.2 Å². The number of hydrogen-bond acceptors (Lipinski definition) is 10. The molecule has 0 bridgehead atoms. The Labute approximate surface area is 189 Å². The number of ether oxygens (including phenoxy) is 3. The van der Waals surface area contributed by atoms with Crippen molar-refractivity contribution in [2.24, 2.45) is 5.92 Å². The molecular weight excluding hydrogens is 436 g/mol. The average Bonchev–Trinajstić information content (AvgIpc) is 3.28. The predicted molar refractivity (Wildman–Crippen MR) is 113 cm³/mol. The van der Waals surface area contributed by atoms with Gasteiger partial charge in [-0.1, -0.05) is 37.2 Å². The molecule has 3 rings (SSSR count). The largest absolute Gasteiger partial charge is 0.462 e. The van der Waals surface area contributed by atoms with Crippen LogP contribution in [-0.4, -0.2) is 43.6 Å². The highest BCUT2D eigenvalue weighted by Crippen LogP contribution is 2.47. The summed E-state index contributed by atoms with van der Waals surface area (Å²) in [5.74, 6) is -3.76. The van der Waals surface area contributed by atoms with Gasteiger partial charge in [0.2, 0.25) is 0 Å². The first-order chi connectivity index (χ1) is 15.4. The van der Waals surface area contributed by atoms with Crippen molar-refractivity contribution in [3.05, 3.63) is 34.9 Å². The van der Waals surface area contributed by atoms with Crippen LogP contribution in [0.1, 0.15) is 32.6 Å². The molecule has 32 heavy (non-hydrogen) atoms. The summed E-state index contributed by atoms with van der Waals surface area (Å²) in [6.45, 7) is 2.25. The second-order valence-electron chi connectivity index (χ2n) is 7.12. The number of benzene rings is 1. The van der Waals surface area contributed by atoms with E-state index in [2.05, 4.69) is 11.7 Å². The van der Waals surface area contributed by atoms with Gasteiger partial charge >= 0.3 is 23.9 Å². The molecule has 9 nitrogen and oxygen atoms in total. The third-order valence-electron chi connectivity index (χ3n) is 4.83. The number of hydrogen-bond donors (Lipinski definition) is 0. The van der Waals surface area contributed by atoms with Crippen molar-refractivity contribution in [2.75, 3.05) is 24.7 Å². The van der Waals surface area contributed by atoms with Crippen LogP contribution in [0.3, 0.4) is 0 Å². The van der Waals surface area contributed by atoms with Crippen molar-refractivity contribution >= 4 is 41.3 Å². The Morgan fingerprint density at radius 2 is 2.00 bits per heavy atom. The maximum absolute atomic E-state index is 12.6. The molecule has 0 amide bonds. The van der Waals surface area contributed by atoms with Gasteiger partial charge in [-0.05, 0) is 18.6 Å². The number of fused-ring (bicyclic) bond motifs is 1. The lowest BCUT2D eigenvalue weighted by molar-refractivity contribution is -0.156. The maximum atomic E-state index is 12.6. The van der Waals surface area contributed by atoms with Crippen molar-refractivity contribution in [3.8, 4) is 6.07 Å². The molecular formula is C22H22N2O7S. The SMILES string of the molecule is CCCCN1C(=C(C#N)C(=O)OCCOC(=O)CC2CC(=O)OC2=O)Sc2ccccc21. The van der Waals surface area contributed by atoms with Gasteiger partial charge < -0.3 is 19.1 Å². The zero-order valence-corrected chi connectivity index (χ0v) is 18.3. The Hall–Kier alpha value is -3.32. The normalized spacial score (nSPS) is 18.6. The molecule has 0 aromatic heterocycles. The molecule has 2 aliphatic heterocycles. The summed E-state index contributed by atoms with van der Waals surface area (Å²) < 4.78 is 14.5. The van der Waals surface area contributed by atoms with Gasteiger partial charge in [0.1, 0.15) is 24.3 Å². The standard InChI is InChI=1S/C22H22N2O7S/c1-2-3-8-24-16-6-4-5-7-17(16)32-20(24)15(13-23)22(28)30-10-9-29-18(25)11-14-12-19(26)31-21(14)27/h4-7,14H,2-3,8-12H2,1H3. The van der Waals surface area contributed by atoms with Crippen LogP contribution in [0.15, 0.2) is 39.8 Å². The van der Waals surface area contributed by atoms with E-state index in [4.69, 9.17) is 9.47 Å². The topological polar surface area (TPSA) is 123 Å². The third kappa shape index (κ3) is 5.48. The van der Waals surface area contributed by atoms with Crippen LogP contribution in [0.4, 0.5) is 5.69 Å². The number of cyclic esters (lactones) is 2. The van der Waals surface area contributed by atoms with Gasteiger partial charge in [0, 0.05) is 11.4 Å². The number of rotatable bonds is 9. The van der Waals surface area contributed by atoms with Gasteiger partial charge in [-0.3, -0.25) is 14.4 Å². The Morgan fingerprint density at radius 3 is 2.69 bits per heavy atom. The van der Waals surface area contributed by atoms with Crippen molar-refractivity contribution < 1.29 is 33.4 Å². The number of carbonyl (C=O) groups excluding carboxylic acids is 4. The molecule has 0 saturated carbocycles. The number of nitriles is 1. The Bertz CT molecular complexity index is 998. The molecule has 2 heterocycles. The lowest BCUT2D eigenvalue weighted by atomic mass is 10.0. The van der Waals surface area contributed by atoms with E-state index in [0.717, 1.165) is 23.4 Å². The van der Waals surface area contributed by atoms with Crippen LogP contribution in [0, 0.1) is 17.2 Å². The molecule has 1 unspecified atom stereocenters. The van der Waals surface area contributed by atoms with Crippen LogP contribution in [-0.2, 0) is 33.4 Å². The van der Waals surface area contributed by atoms with Gasteiger partial charge in [-0.15, -0.1) is 0 Å². The van der Waals surface area contributed by atoms with Crippen LogP contribution < -0.4 is 4.90 Å². The van der Waals surface area contributed by atoms with E-state index in [1.54, 1.807) is 0 Å². The summed E-state index contributed by atoms with van der Waals surface area (Å²) in [6.07, 6.45) is 1.41. The van der Waals surface area contributed by atoms with Crippen LogP contribution >= 0.6 is 11.8 Å². The molecule has 1 saturated heterocycles. The number of nitrogens with zero attached hydrogens (tertiary/aromatic N) is 2. The van der Waals surface area contributed by atoms with Gasteiger partial charge in [0.15, 0.2) is 5.57 Å². The number of carbonyl (C=O) groups is 4. The zero-order chi connectivity index (χ0) is 23.1. The first-order valence-corrected chi connectivity index (χ1v) is 11.0. The van der Waals surface area contributed by atoms with Gasteiger partial charge in [0.25, 0.3) is 0 Å². The van der Waals surface area contributed by atoms with Gasteiger partial charge in [-0.2, -0.15) is 5.26 Å². The molecule has 1 atom stereocenters. The minimum Gasteiger partial charge on any atom is -0.462 e. The maximum Gasteiger partial charge on any atom is 0.351 e. The lowest BCUT2D eigenvalue weighted by Gasteiger charge is -2.20. The van der Waals surface area contributed by atoms with Crippen LogP contribution in [0.25, 0.3) is 0 Å². The zero-order valence-electron chi connectivity index (χ0n) is 17.5. The summed E-state index contributed by atoms with van der Waals surface area (Å²) in [5.41, 5.74) is 0.834. The molecule has 1 fully saturated rings. The number of para-hydroxylation sites is 1. The molecule has 0 radical (unpaired) electrons. The first-order valence-electron chi connectivity index (χ1n) is 10.2. The highest BCUT2D eigenvalue weighted by atomic mass is 32.2. The predicted octanol–water partition coefficient (Wildman–Crippen LogP) is 2.70. The molecule has 0 spiro atoms. The summed E-state index contributed by atoms with van der Waals surface area (Å²) >= 11 is 1.34. The number of thioether (sulfide) groups is 1. The van der Waals surface area contributed by atoms with E-state index in [0.29, 0.717) is 11.6 Å². The molecule has 1 aromatic rings. The summed E-state index contributed by atoms with van der Waals surface area (Å²) in [5, 5.41) is 10.1. The second-order valence-corrected chi connectivity index (χ2v) is 8.15. The number of anilines is 1. The van der Waals surface area contributed by atoms with Gasteiger partial charge in [0.05, 0.1) is 24.4 Å². The minimum atomic E-state index is -0.845. The highest BCUT2D eigenvalue weighted by Gasteiger charge is 2.35. The Morgan fingerprint density at radius 1 is 1.25 bits per heavy atom. The molecule has 10 heteroatoms. The first kappa shape index (κ1) is 23.3. The van der Waals surface area contributed by atoms with Crippen molar-refractivity contribution in [2.45, 2.75) is 37.5 Å². The van der Waals surface area contributed by atoms with E-state index in [-0.39, 0.29) is 31.6 Å². The molecule has 168 valence electrons. The highest BCUT2D eigenvalue weighted by molar-refractivity contribution is 8.03. The van der Waals surface area contributed by atoms with Crippen molar-refractivity contribution in [1.82, 2.24) is 0 Å². The number of esters is 4. The third-order valence-corrected chi connectivity index (χ3v) is 6.01. The van der Waals surface area contributed by atoms with Crippen molar-refractivity contribution in [3.63, 3.8) is 0 Å². The summed E-state index contributed by atoms with van der Waals surface area (Å²) in [4.78, 5) is 49.7. The lowest BCUT2D eigenvalue weighted by Crippen LogP contribution is -2.23. The minimum absolute atomic E-state index is 0.110. The van der Waals surface area contributed by atoms with E-state index in [1.165, 1.54) is 11.8 Å². The monoisotopic (exact) mass is 458 g/mol. The number of unbranched alkanes of at least 4 members (excludes halogenated alkanes) is 1. The van der Waals surface area contributed by atoms with E-state index < -0.39 is 29.8 Å². The van der Waals surface area contributed by atoms with Crippen LogP contribution in [0.5, 0.6) is 0 Å². The quantitative estimate of drug-likeness (QED) is 0.136. The molecule has 1 aromatic carbocycles. The van der Waals surface area contributed by atoms with Crippen molar-refractivity contribution in [1.29, 1.82) is 5.26 Å². The fraction of sp³-hybridized carbons (Fsp3) is 0.409. The summed E-state index contributed by atoms with van der Waals surface area (Å²) in [6, 6.07) is 9.62. The fourth-order valence-electron chi connectivity index (χ4n) is 3.24. The molecule has 0 N–H and O–H groups in total. The second kappa shape index (κ2) is 10.8. The fourth-order valence-corrected chi connectivity index (χ4v) is 4.41. The summed E-state index contributed by atoms with van der Waals surface area (Å²) in [7, 11) is 0. The van der Waals surface area contributed by atoms with Crippen LogP contribution in [0.2, 0.25) is 0 Å². The molecule has 2 aliphatic rings.